The summed E-state index contributed by atoms with van der Waals surface area (Å²) in [5.74, 6) is -1.81. The van der Waals surface area contributed by atoms with Crippen LogP contribution in [0.3, 0.4) is 0 Å². The van der Waals surface area contributed by atoms with Crippen molar-refractivity contribution in [1.29, 1.82) is 0 Å². The Labute approximate surface area is 224 Å². The number of hydrogen-bond donors (Lipinski definition) is 0. The van der Waals surface area contributed by atoms with Crippen molar-refractivity contribution in [3.63, 3.8) is 0 Å². The van der Waals surface area contributed by atoms with E-state index in [0.717, 1.165) is 24.8 Å². The van der Waals surface area contributed by atoms with Crippen molar-refractivity contribution >= 4 is 0 Å². The molecule has 0 radical (unpaired) electrons. The lowest BCUT2D eigenvalue weighted by atomic mass is 9.97. The maximum absolute atomic E-state index is 14.9. The van der Waals surface area contributed by atoms with E-state index in [-0.39, 0.29) is 11.5 Å². The van der Waals surface area contributed by atoms with Crippen molar-refractivity contribution in [2.75, 3.05) is 13.2 Å². The van der Waals surface area contributed by atoms with Crippen LogP contribution in [0.4, 0.5) is 13.2 Å². The number of unbranched alkanes of at least 4 members (excludes halogenated alkanes) is 5. The maximum atomic E-state index is 14.9. The highest BCUT2D eigenvalue weighted by atomic mass is 19.2. The molecule has 0 saturated carbocycles. The van der Waals surface area contributed by atoms with Gasteiger partial charge in [-0.2, -0.15) is 0 Å². The van der Waals surface area contributed by atoms with Crippen LogP contribution in [0, 0.1) is 23.4 Å². The van der Waals surface area contributed by atoms with Gasteiger partial charge in [0.05, 0.1) is 13.2 Å². The number of halogens is 3. The molecule has 1 fully saturated rings. The highest BCUT2D eigenvalue weighted by Gasteiger charge is 2.24. The molecule has 1 saturated heterocycles. The Morgan fingerprint density at radius 1 is 0.763 bits per heavy atom. The smallest absolute Gasteiger partial charge is 0.186 e. The minimum Gasteiger partial charge on any atom is -0.348 e. The van der Waals surface area contributed by atoms with E-state index in [2.05, 4.69) is 6.92 Å². The number of hydrogen-bond acceptors (Lipinski definition) is 2. The molecule has 1 aliphatic heterocycles. The lowest BCUT2D eigenvalue weighted by Gasteiger charge is -2.28. The molecule has 0 N–H and O–H groups in total. The van der Waals surface area contributed by atoms with Gasteiger partial charge in [0.25, 0.3) is 0 Å². The number of benzene rings is 3. The van der Waals surface area contributed by atoms with Crippen molar-refractivity contribution in [3.05, 3.63) is 95.3 Å². The summed E-state index contributed by atoms with van der Waals surface area (Å²) < 4.78 is 56.1. The molecular weight excluding hydrogens is 485 g/mol. The van der Waals surface area contributed by atoms with Gasteiger partial charge in [0.2, 0.25) is 0 Å². The van der Waals surface area contributed by atoms with Crippen LogP contribution in [0.2, 0.25) is 0 Å². The second-order valence-electron chi connectivity index (χ2n) is 10.0. The summed E-state index contributed by atoms with van der Waals surface area (Å²) in [7, 11) is 0. The van der Waals surface area contributed by atoms with Gasteiger partial charge in [-0.1, -0.05) is 99.7 Å². The van der Waals surface area contributed by atoms with E-state index in [1.165, 1.54) is 25.3 Å². The summed E-state index contributed by atoms with van der Waals surface area (Å²) in [6.07, 6.45) is 10.4. The van der Waals surface area contributed by atoms with Crippen molar-refractivity contribution in [2.45, 2.75) is 65.1 Å². The minimum atomic E-state index is -0.819. The topological polar surface area (TPSA) is 18.5 Å². The first-order valence-electron chi connectivity index (χ1n) is 13.7. The Kier molecular flexibility index (Phi) is 10.2. The summed E-state index contributed by atoms with van der Waals surface area (Å²) in [4.78, 5) is 0. The zero-order valence-electron chi connectivity index (χ0n) is 22.3. The summed E-state index contributed by atoms with van der Waals surface area (Å²) >= 11 is 0. The molecule has 0 aromatic heterocycles. The van der Waals surface area contributed by atoms with Crippen molar-refractivity contribution in [2.24, 2.45) is 5.92 Å². The molecule has 38 heavy (non-hydrogen) atoms. The first-order valence-corrected chi connectivity index (χ1v) is 13.7. The van der Waals surface area contributed by atoms with E-state index in [4.69, 9.17) is 9.47 Å². The molecule has 0 spiro atoms. The monoisotopic (exact) mass is 522 g/mol. The third-order valence-electron chi connectivity index (χ3n) is 7.13. The van der Waals surface area contributed by atoms with Gasteiger partial charge >= 0.3 is 0 Å². The van der Waals surface area contributed by atoms with Gasteiger partial charge < -0.3 is 9.47 Å². The Balaban J connectivity index is 1.41. The zero-order valence-corrected chi connectivity index (χ0v) is 22.3. The fourth-order valence-electron chi connectivity index (χ4n) is 4.92. The molecule has 3 aromatic rings. The van der Waals surface area contributed by atoms with E-state index >= 15 is 0 Å². The first kappa shape index (κ1) is 28.1. The number of rotatable bonds is 11. The van der Waals surface area contributed by atoms with Gasteiger partial charge in [0.15, 0.2) is 17.9 Å². The fourth-order valence-corrected chi connectivity index (χ4v) is 4.92. The number of ether oxygens (including phenoxy) is 2. The Morgan fingerprint density at radius 2 is 1.42 bits per heavy atom. The maximum Gasteiger partial charge on any atom is 0.186 e. The van der Waals surface area contributed by atoms with Crippen LogP contribution in [0.15, 0.2) is 66.7 Å². The lowest BCUT2D eigenvalue weighted by Crippen LogP contribution is -2.26. The molecule has 2 nitrogen and oxygen atoms in total. The molecule has 0 unspecified atom stereocenters. The molecule has 5 heteroatoms. The fraction of sp³-hybridized carbons (Fsp3) is 0.394. The second kappa shape index (κ2) is 13.8. The van der Waals surface area contributed by atoms with Crippen LogP contribution < -0.4 is 0 Å². The Morgan fingerprint density at radius 3 is 2.11 bits per heavy atom. The third kappa shape index (κ3) is 6.95. The first-order chi connectivity index (χ1) is 18.5. The van der Waals surface area contributed by atoms with Gasteiger partial charge in [-0.15, -0.1) is 0 Å². The third-order valence-corrected chi connectivity index (χ3v) is 7.13. The second-order valence-corrected chi connectivity index (χ2v) is 10.0. The van der Waals surface area contributed by atoms with Gasteiger partial charge in [-0.05, 0) is 48.1 Å². The van der Waals surface area contributed by atoms with E-state index < -0.39 is 23.7 Å². The quantitative estimate of drug-likeness (QED) is 0.184. The van der Waals surface area contributed by atoms with Crippen LogP contribution in [0.25, 0.3) is 22.3 Å². The molecule has 3 aromatic carbocycles. The summed E-state index contributed by atoms with van der Waals surface area (Å²) in [5.41, 5.74) is 3.05. The number of aryl methyl sites for hydroxylation is 1. The summed E-state index contributed by atoms with van der Waals surface area (Å²) in [5, 5.41) is 0. The van der Waals surface area contributed by atoms with E-state index in [1.807, 2.05) is 25.1 Å². The highest BCUT2D eigenvalue weighted by Crippen LogP contribution is 2.32. The van der Waals surface area contributed by atoms with Gasteiger partial charge in [-0.3, -0.25) is 0 Å². The molecule has 0 amide bonds. The molecule has 1 heterocycles. The van der Waals surface area contributed by atoms with Gasteiger partial charge in [-0.25, -0.2) is 13.2 Å². The van der Waals surface area contributed by atoms with Crippen molar-refractivity contribution in [3.8, 4) is 22.3 Å². The van der Waals surface area contributed by atoms with Crippen LogP contribution in [0.5, 0.6) is 0 Å². The molecular formula is C33H37F3O2. The zero-order chi connectivity index (χ0) is 26.9. The van der Waals surface area contributed by atoms with Crippen molar-refractivity contribution in [1.82, 2.24) is 0 Å². The van der Waals surface area contributed by atoms with E-state index in [1.54, 1.807) is 42.5 Å². The molecule has 0 atom stereocenters. The van der Waals surface area contributed by atoms with Crippen LogP contribution in [-0.4, -0.2) is 13.2 Å². The average Bonchev–Trinajstić information content (AvgIpc) is 2.94. The minimum absolute atomic E-state index is 0.173. The van der Waals surface area contributed by atoms with Crippen molar-refractivity contribution < 1.29 is 22.6 Å². The van der Waals surface area contributed by atoms with E-state index in [0.29, 0.717) is 41.9 Å². The van der Waals surface area contributed by atoms with Gasteiger partial charge in [0.1, 0.15) is 5.82 Å². The largest absolute Gasteiger partial charge is 0.348 e. The predicted molar refractivity (Wildman–Crippen MR) is 147 cm³/mol. The predicted octanol–water partition coefficient (Wildman–Crippen LogP) is 9.58. The SMILES string of the molecule is CC=CC1COC(c2ccc(-c3ccc(-c4ccc(CCCCCCCC)c(F)c4F)cc3)cc2F)OC1. The van der Waals surface area contributed by atoms with Crippen LogP contribution in [-0.2, 0) is 15.9 Å². The summed E-state index contributed by atoms with van der Waals surface area (Å²) in [6.45, 7) is 5.08. The van der Waals surface area contributed by atoms with E-state index in [9.17, 15) is 13.2 Å². The van der Waals surface area contributed by atoms with Gasteiger partial charge in [0, 0.05) is 17.0 Å². The number of allylic oxidation sites excluding steroid dienone is 1. The molecule has 0 bridgehead atoms. The normalized spacial score (nSPS) is 17.8. The van der Waals surface area contributed by atoms with Crippen LogP contribution >= 0.6 is 0 Å². The Hall–Kier alpha value is -2.89. The molecule has 0 aliphatic carbocycles. The standard InChI is InChI=1S/C33H37F3O2/c1-3-5-6-7-8-9-11-26-16-18-28(32(36)31(26)35)25-14-12-24(13-15-25)27-17-19-29(30(34)20-27)33-37-21-23(10-4-2)22-38-33/h4,10,12-20,23,33H,3,5-9,11,21-22H2,1-2H3. The van der Waals surface area contributed by atoms with Crippen LogP contribution in [0.1, 0.15) is 69.8 Å². The lowest BCUT2D eigenvalue weighted by molar-refractivity contribution is -0.198. The average molecular weight is 523 g/mol. The Bertz CT molecular complexity index is 1210. The summed E-state index contributed by atoms with van der Waals surface area (Å²) in [6, 6.07) is 15.3. The molecule has 1 aliphatic rings. The molecule has 202 valence electrons. The molecule has 4 rings (SSSR count). The highest BCUT2D eigenvalue weighted by molar-refractivity contribution is 5.71.